The Kier molecular flexibility index (Phi) is 5.77. The first kappa shape index (κ1) is 18.5. The molecule has 3 rings (SSSR count). The number of carbonyl (C=O) groups is 2. The average Bonchev–Trinajstić information content (AvgIpc) is 2.72. The summed E-state index contributed by atoms with van der Waals surface area (Å²) in [5.41, 5.74) is 2.24. The third-order valence-corrected chi connectivity index (χ3v) is 4.63. The number of hydrogen-bond donors (Lipinski definition) is 1. The van der Waals surface area contributed by atoms with Crippen LogP contribution in [0.4, 0.5) is 0 Å². The quantitative estimate of drug-likeness (QED) is 0.852. The van der Waals surface area contributed by atoms with Gasteiger partial charge in [0.15, 0.2) is 0 Å². The van der Waals surface area contributed by atoms with Gasteiger partial charge in [-0.05, 0) is 61.4 Å². The molecule has 0 saturated carbocycles. The van der Waals surface area contributed by atoms with Gasteiger partial charge in [0.05, 0.1) is 13.0 Å². The fourth-order valence-corrected chi connectivity index (χ4v) is 3.06. The molecule has 5 heteroatoms. The number of hydrogen-bond acceptors (Lipinski definition) is 3. The fourth-order valence-electron chi connectivity index (χ4n) is 3.06. The topological polar surface area (TPSA) is 66.8 Å². The van der Waals surface area contributed by atoms with E-state index in [0.717, 1.165) is 16.9 Å². The molecule has 1 fully saturated rings. The van der Waals surface area contributed by atoms with Crippen LogP contribution in [0.1, 0.15) is 34.3 Å². The minimum Gasteiger partial charge on any atom is -0.497 e. The number of aliphatic carboxylic acids is 1. The normalized spacial score (nSPS) is 16.2. The monoisotopic (exact) mass is 363 g/mol. The molecule has 2 aromatic rings. The number of nitrogens with zero attached hydrogens (tertiary/aromatic N) is 1. The van der Waals surface area contributed by atoms with Crippen LogP contribution >= 0.6 is 0 Å². The van der Waals surface area contributed by atoms with Crippen LogP contribution in [0, 0.1) is 17.8 Å². The Morgan fingerprint density at radius 1 is 1.04 bits per heavy atom. The molecule has 0 radical (unpaired) electrons. The minimum absolute atomic E-state index is 0.129. The number of carboxylic acids is 1. The summed E-state index contributed by atoms with van der Waals surface area (Å²) in [6, 6.07) is 14.6. The number of benzene rings is 2. The lowest BCUT2D eigenvalue weighted by molar-refractivity contribution is -0.143. The maximum Gasteiger partial charge on any atom is 0.308 e. The maximum atomic E-state index is 12.6. The van der Waals surface area contributed by atoms with Crippen molar-refractivity contribution in [2.75, 3.05) is 20.2 Å². The van der Waals surface area contributed by atoms with E-state index in [2.05, 4.69) is 11.8 Å². The molecule has 1 saturated heterocycles. The van der Waals surface area contributed by atoms with Gasteiger partial charge in [0, 0.05) is 29.8 Å². The molecule has 27 heavy (non-hydrogen) atoms. The Morgan fingerprint density at radius 3 is 2.19 bits per heavy atom. The molecule has 0 spiro atoms. The minimum atomic E-state index is -0.836. The summed E-state index contributed by atoms with van der Waals surface area (Å²) >= 11 is 0. The molecule has 0 aliphatic carbocycles. The molecular weight excluding hydrogens is 342 g/mol. The van der Waals surface area contributed by atoms with Crippen molar-refractivity contribution in [1.82, 2.24) is 4.90 Å². The Morgan fingerprint density at radius 2 is 1.63 bits per heavy atom. The van der Waals surface area contributed by atoms with Crippen LogP contribution in [-0.2, 0) is 4.79 Å². The van der Waals surface area contributed by atoms with Crippen LogP contribution in [0.25, 0.3) is 0 Å². The first-order chi connectivity index (χ1) is 13.1. The van der Waals surface area contributed by atoms with Crippen molar-refractivity contribution in [2.24, 2.45) is 5.92 Å². The second kappa shape index (κ2) is 8.41. The lowest BCUT2D eigenvalue weighted by Crippen LogP contribution is -2.42. The predicted molar refractivity (Wildman–Crippen MR) is 102 cm³/mol. The number of rotatable bonds is 3. The summed E-state index contributed by atoms with van der Waals surface area (Å²) in [6.07, 6.45) is 1.34. The van der Waals surface area contributed by atoms with Crippen LogP contribution in [0.15, 0.2) is 48.5 Å². The first-order valence-electron chi connectivity index (χ1n) is 8.85. The van der Waals surface area contributed by atoms with E-state index in [4.69, 9.17) is 9.84 Å². The van der Waals surface area contributed by atoms with Gasteiger partial charge in [-0.25, -0.2) is 0 Å². The van der Waals surface area contributed by atoms with E-state index < -0.39 is 11.9 Å². The van der Waals surface area contributed by atoms with Gasteiger partial charge in [0.25, 0.3) is 5.91 Å². The summed E-state index contributed by atoms with van der Waals surface area (Å²) in [5, 5.41) is 9.17. The molecular formula is C22H21NO4. The van der Waals surface area contributed by atoms with E-state index in [0.29, 0.717) is 24.9 Å². The average molecular weight is 363 g/mol. The number of carbonyl (C=O) groups excluding carboxylic acids is 1. The van der Waals surface area contributed by atoms with Crippen LogP contribution in [-0.4, -0.2) is 42.1 Å². The van der Waals surface area contributed by atoms with E-state index in [1.807, 2.05) is 36.4 Å². The molecule has 1 N–H and O–H groups in total. The van der Waals surface area contributed by atoms with Gasteiger partial charge in [0.1, 0.15) is 5.75 Å². The highest BCUT2D eigenvalue weighted by Gasteiger charge is 2.28. The van der Waals surface area contributed by atoms with Crippen molar-refractivity contribution >= 4 is 11.9 Å². The third-order valence-electron chi connectivity index (χ3n) is 4.63. The van der Waals surface area contributed by atoms with Gasteiger partial charge in [-0.15, -0.1) is 0 Å². The van der Waals surface area contributed by atoms with E-state index in [1.165, 1.54) is 0 Å². The molecule has 2 aromatic carbocycles. The molecule has 0 bridgehead atoms. The Balaban J connectivity index is 1.67. The SMILES string of the molecule is COc1ccc(C#Cc2ccc(C(=O)N3CCC[C@@H](C(=O)O)C3)cc2)cc1. The van der Waals surface area contributed by atoms with Crippen molar-refractivity contribution in [3.8, 4) is 17.6 Å². The predicted octanol–water partition coefficient (Wildman–Crippen LogP) is 3.03. The zero-order valence-electron chi connectivity index (χ0n) is 15.1. The number of piperidine rings is 1. The van der Waals surface area contributed by atoms with Crippen LogP contribution < -0.4 is 4.74 Å². The number of likely N-dealkylation sites (tertiary alicyclic amines) is 1. The maximum absolute atomic E-state index is 12.6. The molecule has 138 valence electrons. The molecule has 0 aromatic heterocycles. The second-order valence-electron chi connectivity index (χ2n) is 6.48. The summed E-state index contributed by atoms with van der Waals surface area (Å²) in [6.45, 7) is 0.870. The van der Waals surface area contributed by atoms with Gasteiger partial charge >= 0.3 is 5.97 Å². The summed E-state index contributed by atoms with van der Waals surface area (Å²) in [4.78, 5) is 25.4. The highest BCUT2D eigenvalue weighted by atomic mass is 16.5. The van der Waals surface area contributed by atoms with Crippen molar-refractivity contribution in [1.29, 1.82) is 0 Å². The van der Waals surface area contributed by atoms with Crippen molar-refractivity contribution in [2.45, 2.75) is 12.8 Å². The van der Waals surface area contributed by atoms with Gasteiger partial charge < -0.3 is 14.7 Å². The van der Waals surface area contributed by atoms with Crippen LogP contribution in [0.3, 0.4) is 0 Å². The van der Waals surface area contributed by atoms with E-state index in [9.17, 15) is 9.59 Å². The first-order valence-corrected chi connectivity index (χ1v) is 8.85. The van der Waals surface area contributed by atoms with E-state index >= 15 is 0 Å². The lowest BCUT2D eigenvalue weighted by atomic mass is 9.97. The van der Waals surface area contributed by atoms with Gasteiger partial charge in [0.2, 0.25) is 0 Å². The molecule has 1 aliphatic rings. The summed E-state index contributed by atoms with van der Waals surface area (Å²) in [7, 11) is 1.62. The van der Waals surface area contributed by atoms with Crippen molar-refractivity contribution in [3.05, 3.63) is 65.2 Å². The molecule has 0 unspecified atom stereocenters. The van der Waals surface area contributed by atoms with E-state index in [1.54, 1.807) is 24.1 Å². The van der Waals surface area contributed by atoms with E-state index in [-0.39, 0.29) is 12.5 Å². The molecule has 1 atom stereocenters. The standard InChI is InChI=1S/C22H21NO4/c1-27-20-12-8-17(9-13-20)5-4-16-6-10-18(11-7-16)21(24)23-14-2-3-19(15-23)22(25)26/h6-13,19H,2-3,14-15H2,1H3,(H,25,26)/t19-/m1/s1. The van der Waals surface area contributed by atoms with Gasteiger partial charge in [-0.3, -0.25) is 9.59 Å². The molecule has 1 amide bonds. The van der Waals surface area contributed by atoms with Crippen molar-refractivity contribution in [3.63, 3.8) is 0 Å². The van der Waals surface area contributed by atoms with Crippen molar-refractivity contribution < 1.29 is 19.4 Å². The molecule has 1 heterocycles. The summed E-state index contributed by atoms with van der Waals surface area (Å²) < 4.78 is 5.12. The number of ether oxygens (including phenoxy) is 1. The highest BCUT2D eigenvalue weighted by molar-refractivity contribution is 5.94. The van der Waals surface area contributed by atoms with Gasteiger partial charge in [-0.2, -0.15) is 0 Å². The largest absolute Gasteiger partial charge is 0.497 e. The van der Waals surface area contributed by atoms with Crippen LogP contribution in [0.5, 0.6) is 5.75 Å². The van der Waals surface area contributed by atoms with Crippen LogP contribution in [0.2, 0.25) is 0 Å². The lowest BCUT2D eigenvalue weighted by Gasteiger charge is -2.30. The molecule has 5 nitrogen and oxygen atoms in total. The third kappa shape index (κ3) is 4.68. The molecule has 1 aliphatic heterocycles. The van der Waals surface area contributed by atoms with Gasteiger partial charge in [-0.1, -0.05) is 11.8 Å². The second-order valence-corrected chi connectivity index (χ2v) is 6.48. The number of methoxy groups -OCH3 is 1. The summed E-state index contributed by atoms with van der Waals surface area (Å²) in [5.74, 6) is 5.49. The Hall–Kier alpha value is -3.26. The zero-order valence-corrected chi connectivity index (χ0v) is 15.1. The Bertz CT molecular complexity index is 875. The smallest absolute Gasteiger partial charge is 0.308 e. The fraction of sp³-hybridized carbons (Fsp3) is 0.273. The highest BCUT2D eigenvalue weighted by Crippen LogP contribution is 2.19. The zero-order chi connectivity index (χ0) is 19.2. The number of carboxylic acid groups (broad SMARTS) is 1. The Labute approximate surface area is 158 Å². The number of amides is 1.